The van der Waals surface area contributed by atoms with Gasteiger partial charge in [0.1, 0.15) is 5.82 Å². The second-order valence-electron chi connectivity index (χ2n) is 3.38. The van der Waals surface area contributed by atoms with E-state index in [-0.39, 0.29) is 0 Å². The Hall–Kier alpha value is -0.600. The van der Waals surface area contributed by atoms with Gasteiger partial charge >= 0.3 is 0 Å². The minimum atomic E-state index is -0.726. The second-order valence-corrected chi connectivity index (χ2v) is 3.79. The summed E-state index contributed by atoms with van der Waals surface area (Å²) in [5.74, 6) is -0.390. The third-order valence-corrected chi connectivity index (χ3v) is 2.68. The van der Waals surface area contributed by atoms with Gasteiger partial charge in [0, 0.05) is 16.1 Å². The highest BCUT2D eigenvalue weighted by atomic mass is 35.5. The van der Waals surface area contributed by atoms with E-state index >= 15 is 0 Å². The Morgan fingerprint density at radius 3 is 2.71 bits per heavy atom. The minimum absolute atomic E-state index is 0.341. The maximum absolute atomic E-state index is 13.6. The first kappa shape index (κ1) is 11.5. The van der Waals surface area contributed by atoms with Crippen LogP contribution in [0.25, 0.3) is 0 Å². The van der Waals surface area contributed by atoms with E-state index in [9.17, 15) is 9.50 Å². The van der Waals surface area contributed by atoms with Crippen molar-refractivity contribution in [2.75, 3.05) is 0 Å². The zero-order valence-electron chi connectivity index (χ0n) is 8.35. The Balaban J connectivity index is 3.04. The van der Waals surface area contributed by atoms with Crippen molar-refractivity contribution in [3.63, 3.8) is 0 Å². The summed E-state index contributed by atoms with van der Waals surface area (Å²) < 4.78 is 13.6. The summed E-state index contributed by atoms with van der Waals surface area (Å²) in [6, 6.07) is 3.17. The highest BCUT2D eigenvalue weighted by Crippen LogP contribution is 2.27. The SMILES string of the molecule is CCCC(O)c1ccc(Cl)c(C)c1F. The Bertz CT molecular complexity index is 325. The van der Waals surface area contributed by atoms with Crippen LogP contribution in [0, 0.1) is 12.7 Å². The molecule has 1 aromatic rings. The molecule has 0 heterocycles. The zero-order valence-corrected chi connectivity index (χ0v) is 9.11. The average Bonchev–Trinajstić information content (AvgIpc) is 2.15. The molecule has 0 saturated carbocycles. The maximum Gasteiger partial charge on any atom is 0.133 e. The normalized spacial score (nSPS) is 12.9. The van der Waals surface area contributed by atoms with Crippen LogP contribution in [0.5, 0.6) is 0 Å². The van der Waals surface area contributed by atoms with Crippen LogP contribution in [0.4, 0.5) is 4.39 Å². The summed E-state index contributed by atoms with van der Waals surface area (Å²) in [5.41, 5.74) is 0.744. The molecule has 1 atom stereocenters. The molecule has 0 aliphatic carbocycles. The van der Waals surface area contributed by atoms with Gasteiger partial charge in [0.2, 0.25) is 0 Å². The molecule has 1 nitrogen and oxygen atoms in total. The molecule has 0 aliphatic heterocycles. The predicted molar refractivity (Wildman–Crippen MR) is 56.0 cm³/mol. The van der Waals surface area contributed by atoms with Crippen LogP contribution in [0.1, 0.15) is 37.0 Å². The smallest absolute Gasteiger partial charge is 0.133 e. The Kier molecular flexibility index (Phi) is 3.90. The summed E-state index contributed by atoms with van der Waals surface area (Å²) in [6.45, 7) is 3.56. The molecule has 0 saturated heterocycles. The van der Waals surface area contributed by atoms with Crippen molar-refractivity contribution in [3.8, 4) is 0 Å². The lowest BCUT2D eigenvalue weighted by Crippen LogP contribution is -2.02. The standard InChI is InChI=1S/C11H14ClFO/c1-3-4-10(14)8-5-6-9(12)7(2)11(8)13/h5-6,10,14H,3-4H2,1-2H3. The molecule has 0 aromatic heterocycles. The highest BCUT2D eigenvalue weighted by Gasteiger charge is 2.14. The lowest BCUT2D eigenvalue weighted by atomic mass is 10.0. The van der Waals surface area contributed by atoms with Gasteiger partial charge in [-0.1, -0.05) is 31.0 Å². The van der Waals surface area contributed by atoms with Gasteiger partial charge in [-0.15, -0.1) is 0 Å². The monoisotopic (exact) mass is 216 g/mol. The first-order valence-electron chi connectivity index (χ1n) is 4.70. The van der Waals surface area contributed by atoms with Crippen molar-refractivity contribution in [2.24, 2.45) is 0 Å². The van der Waals surface area contributed by atoms with E-state index in [1.807, 2.05) is 6.92 Å². The van der Waals surface area contributed by atoms with Crippen molar-refractivity contribution < 1.29 is 9.50 Å². The minimum Gasteiger partial charge on any atom is -0.388 e. The number of halogens is 2. The molecule has 0 bridgehead atoms. The van der Waals surface area contributed by atoms with E-state index in [2.05, 4.69) is 0 Å². The van der Waals surface area contributed by atoms with Crippen molar-refractivity contribution in [3.05, 3.63) is 34.1 Å². The molecule has 1 rings (SSSR count). The summed E-state index contributed by atoms with van der Waals surface area (Å²) in [5, 5.41) is 10.0. The van der Waals surface area contributed by atoms with E-state index in [1.54, 1.807) is 19.1 Å². The second kappa shape index (κ2) is 4.76. The lowest BCUT2D eigenvalue weighted by molar-refractivity contribution is 0.161. The van der Waals surface area contributed by atoms with Crippen molar-refractivity contribution >= 4 is 11.6 Å². The quantitative estimate of drug-likeness (QED) is 0.818. The number of aliphatic hydroxyl groups excluding tert-OH is 1. The molecule has 0 amide bonds. The molecule has 0 spiro atoms. The molecule has 0 radical (unpaired) electrons. The maximum atomic E-state index is 13.6. The van der Waals surface area contributed by atoms with Gasteiger partial charge in [-0.2, -0.15) is 0 Å². The topological polar surface area (TPSA) is 20.2 Å². The third-order valence-electron chi connectivity index (χ3n) is 2.27. The molecule has 0 aliphatic rings. The van der Waals surface area contributed by atoms with Crippen LogP contribution in [0.2, 0.25) is 5.02 Å². The number of hydrogen-bond donors (Lipinski definition) is 1. The number of aliphatic hydroxyl groups is 1. The van der Waals surface area contributed by atoms with Gasteiger partial charge in [-0.05, 0) is 19.4 Å². The summed E-state index contributed by atoms with van der Waals surface area (Å²) in [4.78, 5) is 0. The van der Waals surface area contributed by atoms with E-state index in [4.69, 9.17) is 11.6 Å². The molecule has 14 heavy (non-hydrogen) atoms. The molecular weight excluding hydrogens is 203 g/mol. The molecule has 3 heteroatoms. The third kappa shape index (κ3) is 2.25. The van der Waals surface area contributed by atoms with Crippen molar-refractivity contribution in [1.82, 2.24) is 0 Å². The number of hydrogen-bond acceptors (Lipinski definition) is 1. The van der Waals surface area contributed by atoms with Gasteiger partial charge in [0.15, 0.2) is 0 Å². The lowest BCUT2D eigenvalue weighted by Gasteiger charge is -2.12. The molecule has 0 fully saturated rings. The predicted octanol–water partition coefficient (Wildman–Crippen LogP) is 3.62. The molecule has 1 N–H and O–H groups in total. The van der Waals surface area contributed by atoms with Crippen molar-refractivity contribution in [1.29, 1.82) is 0 Å². The van der Waals surface area contributed by atoms with Crippen molar-refractivity contribution in [2.45, 2.75) is 32.8 Å². The number of rotatable bonds is 3. The largest absolute Gasteiger partial charge is 0.388 e. The summed E-state index contributed by atoms with van der Waals surface area (Å²) >= 11 is 5.75. The van der Waals surface area contributed by atoms with E-state index in [1.165, 1.54) is 0 Å². The molecular formula is C11H14ClFO. The highest BCUT2D eigenvalue weighted by molar-refractivity contribution is 6.31. The fourth-order valence-corrected chi connectivity index (χ4v) is 1.51. The van der Waals surface area contributed by atoms with Gasteiger partial charge in [0.05, 0.1) is 6.10 Å². The Morgan fingerprint density at radius 1 is 1.50 bits per heavy atom. The fraction of sp³-hybridized carbons (Fsp3) is 0.455. The van der Waals surface area contributed by atoms with Crippen LogP contribution < -0.4 is 0 Å². The van der Waals surface area contributed by atoms with Crippen LogP contribution in [-0.2, 0) is 0 Å². The fourth-order valence-electron chi connectivity index (χ4n) is 1.37. The zero-order chi connectivity index (χ0) is 10.7. The van der Waals surface area contributed by atoms with Gasteiger partial charge < -0.3 is 5.11 Å². The Labute approximate surface area is 88.5 Å². The molecule has 78 valence electrons. The van der Waals surface area contributed by atoms with E-state index in [0.717, 1.165) is 6.42 Å². The first-order valence-corrected chi connectivity index (χ1v) is 5.08. The summed E-state index contributed by atoms with van der Waals surface area (Å²) in [6.07, 6.45) is 0.663. The van der Waals surface area contributed by atoms with Crippen LogP contribution in [0.15, 0.2) is 12.1 Å². The van der Waals surface area contributed by atoms with Gasteiger partial charge in [0.25, 0.3) is 0 Å². The molecule has 1 aromatic carbocycles. The van der Waals surface area contributed by atoms with Gasteiger partial charge in [-0.25, -0.2) is 4.39 Å². The van der Waals surface area contributed by atoms with Crippen LogP contribution >= 0.6 is 11.6 Å². The average molecular weight is 217 g/mol. The van der Waals surface area contributed by atoms with E-state index < -0.39 is 11.9 Å². The van der Waals surface area contributed by atoms with Gasteiger partial charge in [-0.3, -0.25) is 0 Å². The number of benzene rings is 1. The van der Waals surface area contributed by atoms with Crippen LogP contribution in [0.3, 0.4) is 0 Å². The van der Waals surface area contributed by atoms with Crippen LogP contribution in [-0.4, -0.2) is 5.11 Å². The first-order chi connectivity index (χ1) is 6.57. The van der Waals surface area contributed by atoms with E-state index in [0.29, 0.717) is 22.6 Å². The summed E-state index contributed by atoms with van der Waals surface area (Å²) in [7, 11) is 0. The Morgan fingerprint density at radius 2 is 2.14 bits per heavy atom. The molecule has 1 unspecified atom stereocenters.